The minimum absolute atomic E-state index is 0.150. The molecule has 0 unspecified atom stereocenters. The van der Waals surface area contributed by atoms with Gasteiger partial charge in [0.15, 0.2) is 0 Å². The summed E-state index contributed by atoms with van der Waals surface area (Å²) in [5, 5.41) is 3.82. The van der Waals surface area contributed by atoms with E-state index in [1.54, 1.807) is 6.20 Å². The molecule has 4 rings (SSSR count). The summed E-state index contributed by atoms with van der Waals surface area (Å²) in [4.78, 5) is 19.3. The van der Waals surface area contributed by atoms with Crippen molar-refractivity contribution in [3.8, 4) is 0 Å². The molecule has 3 heterocycles. The van der Waals surface area contributed by atoms with E-state index < -0.39 is 0 Å². The van der Waals surface area contributed by atoms with Crippen molar-refractivity contribution in [2.45, 2.75) is 0 Å². The molecule has 0 atom stereocenters. The molecule has 0 bridgehead atoms. The van der Waals surface area contributed by atoms with Crippen LogP contribution >= 0.6 is 0 Å². The Kier molecular flexibility index (Phi) is 4.11. The zero-order valence-electron chi connectivity index (χ0n) is 14.1. The maximum Gasteiger partial charge on any atom is 0.258 e. The summed E-state index contributed by atoms with van der Waals surface area (Å²) >= 11 is 0. The van der Waals surface area contributed by atoms with Gasteiger partial charge < -0.3 is 19.5 Å². The fourth-order valence-corrected chi connectivity index (χ4v) is 3.17. The van der Waals surface area contributed by atoms with Crippen LogP contribution in [0.3, 0.4) is 0 Å². The van der Waals surface area contributed by atoms with E-state index in [9.17, 15) is 4.79 Å². The molecule has 6 heteroatoms. The monoisotopic (exact) mass is 336 g/mol. The molecular formula is C19H20N4O2. The smallest absolute Gasteiger partial charge is 0.258 e. The predicted octanol–water partition coefficient (Wildman–Crippen LogP) is 2.66. The number of aromatic nitrogens is 2. The Bertz CT molecular complexity index is 895. The minimum Gasteiger partial charge on any atom is -0.378 e. The minimum atomic E-state index is -0.150. The largest absolute Gasteiger partial charge is 0.378 e. The number of pyridine rings is 1. The van der Waals surface area contributed by atoms with Crippen LogP contribution in [0.2, 0.25) is 0 Å². The van der Waals surface area contributed by atoms with Crippen molar-refractivity contribution in [3.63, 3.8) is 0 Å². The summed E-state index contributed by atoms with van der Waals surface area (Å²) in [7, 11) is 1.94. The molecule has 1 amide bonds. The molecule has 1 aliphatic rings. The zero-order valence-corrected chi connectivity index (χ0v) is 14.1. The number of morpholine rings is 1. The van der Waals surface area contributed by atoms with Crippen LogP contribution in [0.15, 0.2) is 48.8 Å². The number of aryl methyl sites for hydroxylation is 1. The number of hydrogen-bond acceptors (Lipinski definition) is 4. The fraction of sp³-hybridized carbons (Fsp3) is 0.263. The third-order valence-corrected chi connectivity index (χ3v) is 4.51. The fourth-order valence-electron chi connectivity index (χ4n) is 3.17. The number of nitrogens with one attached hydrogen (secondary N) is 1. The summed E-state index contributed by atoms with van der Waals surface area (Å²) in [5.41, 5.74) is 2.73. The van der Waals surface area contributed by atoms with Gasteiger partial charge in [0.2, 0.25) is 0 Å². The number of fused-ring (bicyclic) bond motifs is 1. The first-order valence-corrected chi connectivity index (χ1v) is 8.36. The predicted molar refractivity (Wildman–Crippen MR) is 98.1 cm³/mol. The molecule has 1 aliphatic heterocycles. The van der Waals surface area contributed by atoms with Crippen molar-refractivity contribution in [3.05, 3.63) is 54.4 Å². The average molecular weight is 336 g/mol. The van der Waals surface area contributed by atoms with Gasteiger partial charge in [0.25, 0.3) is 5.91 Å². The van der Waals surface area contributed by atoms with Crippen LogP contribution < -0.4 is 10.2 Å². The van der Waals surface area contributed by atoms with E-state index in [4.69, 9.17) is 4.74 Å². The van der Waals surface area contributed by atoms with Crippen molar-refractivity contribution >= 4 is 28.3 Å². The van der Waals surface area contributed by atoms with Gasteiger partial charge in [0.1, 0.15) is 5.82 Å². The van der Waals surface area contributed by atoms with Gasteiger partial charge in [-0.1, -0.05) is 18.2 Å². The van der Waals surface area contributed by atoms with E-state index in [0.717, 1.165) is 42.9 Å². The maximum absolute atomic E-state index is 12.6. The van der Waals surface area contributed by atoms with E-state index in [2.05, 4.69) is 15.2 Å². The van der Waals surface area contributed by atoms with Crippen LogP contribution in [0.1, 0.15) is 10.4 Å². The van der Waals surface area contributed by atoms with Crippen molar-refractivity contribution in [2.75, 3.05) is 36.5 Å². The number of carbonyl (C=O) groups is 1. The molecule has 0 saturated carbocycles. The molecule has 0 radical (unpaired) electrons. The van der Waals surface area contributed by atoms with Gasteiger partial charge in [-0.2, -0.15) is 0 Å². The topological polar surface area (TPSA) is 59.4 Å². The second-order valence-corrected chi connectivity index (χ2v) is 6.13. The Hall–Kier alpha value is -2.86. The normalized spacial score (nSPS) is 14.7. The molecule has 6 nitrogen and oxygen atoms in total. The van der Waals surface area contributed by atoms with Crippen LogP contribution in [0.4, 0.5) is 11.5 Å². The number of amides is 1. The second-order valence-electron chi connectivity index (χ2n) is 6.13. The van der Waals surface area contributed by atoms with E-state index in [1.165, 1.54) is 0 Å². The highest BCUT2D eigenvalue weighted by Gasteiger charge is 2.15. The Balaban J connectivity index is 1.52. The van der Waals surface area contributed by atoms with Gasteiger partial charge in [0.05, 0.1) is 30.7 Å². The molecule has 3 aromatic rings. The molecular weight excluding hydrogens is 316 g/mol. The lowest BCUT2D eigenvalue weighted by atomic mass is 10.1. The number of carbonyl (C=O) groups excluding carboxylic acids is 1. The summed E-state index contributed by atoms with van der Waals surface area (Å²) < 4.78 is 7.32. The number of nitrogens with zero attached hydrogens (tertiary/aromatic N) is 3. The standard InChI is InChI=1S/C19H20N4O2/c1-22-13-16(15-4-2-3-5-17(15)22)19(24)21-18-7-6-14(12-20-18)23-8-10-25-11-9-23/h2-7,12-13H,8-11H2,1H3,(H,20,21,24). The Morgan fingerprint density at radius 1 is 1.16 bits per heavy atom. The Morgan fingerprint density at radius 2 is 1.96 bits per heavy atom. The lowest BCUT2D eigenvalue weighted by molar-refractivity contribution is 0.102. The van der Waals surface area contributed by atoms with Gasteiger partial charge in [-0.05, 0) is 18.2 Å². The summed E-state index contributed by atoms with van der Waals surface area (Å²) in [6.07, 6.45) is 3.64. The first-order valence-electron chi connectivity index (χ1n) is 8.36. The van der Waals surface area contributed by atoms with E-state index >= 15 is 0 Å². The van der Waals surface area contributed by atoms with Gasteiger partial charge in [-0.3, -0.25) is 4.79 Å². The van der Waals surface area contributed by atoms with Crippen molar-refractivity contribution in [1.29, 1.82) is 0 Å². The van der Waals surface area contributed by atoms with Crippen LogP contribution in [0.5, 0.6) is 0 Å². The number of anilines is 2. The molecule has 1 fully saturated rings. The third-order valence-electron chi connectivity index (χ3n) is 4.51. The van der Waals surface area contributed by atoms with Gasteiger partial charge in [0, 0.05) is 37.2 Å². The van der Waals surface area contributed by atoms with E-state index in [0.29, 0.717) is 11.4 Å². The van der Waals surface area contributed by atoms with E-state index in [-0.39, 0.29) is 5.91 Å². The van der Waals surface area contributed by atoms with Gasteiger partial charge in [-0.25, -0.2) is 4.98 Å². The molecule has 1 saturated heterocycles. The lowest BCUT2D eigenvalue weighted by Gasteiger charge is -2.28. The first kappa shape index (κ1) is 15.7. The molecule has 25 heavy (non-hydrogen) atoms. The Morgan fingerprint density at radius 3 is 2.72 bits per heavy atom. The number of para-hydroxylation sites is 1. The van der Waals surface area contributed by atoms with Crippen LogP contribution in [-0.4, -0.2) is 41.8 Å². The second kappa shape index (κ2) is 6.57. The SMILES string of the molecule is Cn1cc(C(=O)Nc2ccc(N3CCOCC3)cn2)c2ccccc21. The van der Waals surface area contributed by atoms with Crippen molar-refractivity contribution < 1.29 is 9.53 Å². The Labute approximate surface area is 146 Å². The highest BCUT2D eigenvalue weighted by molar-refractivity contribution is 6.12. The quantitative estimate of drug-likeness (QED) is 0.799. The van der Waals surface area contributed by atoms with Crippen molar-refractivity contribution in [1.82, 2.24) is 9.55 Å². The molecule has 128 valence electrons. The van der Waals surface area contributed by atoms with E-state index in [1.807, 2.05) is 54.2 Å². The molecule has 2 aromatic heterocycles. The van der Waals surface area contributed by atoms with Crippen molar-refractivity contribution in [2.24, 2.45) is 7.05 Å². The lowest BCUT2D eigenvalue weighted by Crippen LogP contribution is -2.36. The number of benzene rings is 1. The molecule has 1 aromatic carbocycles. The van der Waals surface area contributed by atoms with Crippen LogP contribution in [-0.2, 0) is 11.8 Å². The number of ether oxygens (including phenoxy) is 1. The van der Waals surface area contributed by atoms with Gasteiger partial charge >= 0.3 is 0 Å². The zero-order chi connectivity index (χ0) is 17.2. The number of hydrogen-bond donors (Lipinski definition) is 1. The molecule has 0 aliphatic carbocycles. The summed E-state index contributed by atoms with van der Waals surface area (Å²) in [6, 6.07) is 11.7. The molecule has 0 spiro atoms. The summed E-state index contributed by atoms with van der Waals surface area (Å²) in [6.45, 7) is 3.20. The first-order chi connectivity index (χ1) is 12.2. The highest BCUT2D eigenvalue weighted by Crippen LogP contribution is 2.22. The van der Waals surface area contributed by atoms with Gasteiger partial charge in [-0.15, -0.1) is 0 Å². The summed E-state index contributed by atoms with van der Waals surface area (Å²) in [5.74, 6) is 0.401. The molecule has 1 N–H and O–H groups in total. The average Bonchev–Trinajstić information content (AvgIpc) is 3.00. The van der Waals surface area contributed by atoms with Crippen LogP contribution in [0.25, 0.3) is 10.9 Å². The highest BCUT2D eigenvalue weighted by atomic mass is 16.5. The third kappa shape index (κ3) is 3.08. The number of rotatable bonds is 3. The maximum atomic E-state index is 12.6. The van der Waals surface area contributed by atoms with Crippen LogP contribution in [0, 0.1) is 0 Å².